The van der Waals surface area contributed by atoms with Crippen molar-refractivity contribution in [1.82, 2.24) is 9.62 Å². The molecule has 29 heavy (non-hydrogen) atoms. The Morgan fingerprint density at radius 3 is 2.41 bits per heavy atom. The van der Waals surface area contributed by atoms with Gasteiger partial charge in [0.15, 0.2) is 0 Å². The predicted octanol–water partition coefficient (Wildman–Crippen LogP) is 3.35. The first kappa shape index (κ1) is 21.0. The van der Waals surface area contributed by atoms with Crippen LogP contribution in [0.4, 0.5) is 4.39 Å². The van der Waals surface area contributed by atoms with Gasteiger partial charge in [-0.05, 0) is 53.4 Å². The van der Waals surface area contributed by atoms with Gasteiger partial charge in [-0.15, -0.1) is 0 Å². The van der Waals surface area contributed by atoms with E-state index in [-0.39, 0.29) is 23.2 Å². The number of amides is 1. The van der Waals surface area contributed by atoms with E-state index in [9.17, 15) is 17.6 Å². The number of likely N-dealkylation sites (N-methyl/N-ethyl adjacent to an activating group) is 1. The van der Waals surface area contributed by atoms with Crippen LogP contribution in [-0.4, -0.2) is 38.8 Å². The number of nitrogens with zero attached hydrogens (tertiary/aromatic N) is 1. The van der Waals surface area contributed by atoms with Crippen molar-refractivity contribution >= 4 is 26.7 Å². The lowest BCUT2D eigenvalue weighted by Crippen LogP contribution is -2.38. The molecule has 0 unspecified atom stereocenters. The molecule has 0 aliphatic carbocycles. The third kappa shape index (κ3) is 5.40. The van der Waals surface area contributed by atoms with Gasteiger partial charge in [0.2, 0.25) is 15.9 Å². The molecule has 0 spiro atoms. The lowest BCUT2D eigenvalue weighted by atomic mass is 10.1. The van der Waals surface area contributed by atoms with Gasteiger partial charge in [0.05, 0.1) is 11.4 Å². The fraction of sp³-hybridized carbons (Fsp3) is 0.227. The largest absolute Gasteiger partial charge is 0.355 e. The number of aryl methyl sites for hydroxylation is 1. The van der Waals surface area contributed by atoms with Gasteiger partial charge in [-0.1, -0.05) is 42.5 Å². The van der Waals surface area contributed by atoms with E-state index in [1.165, 1.54) is 19.2 Å². The maximum atomic E-state index is 12.9. The summed E-state index contributed by atoms with van der Waals surface area (Å²) >= 11 is 0. The molecule has 0 fully saturated rings. The summed E-state index contributed by atoms with van der Waals surface area (Å²) < 4.78 is 39.5. The van der Waals surface area contributed by atoms with Crippen molar-refractivity contribution in [2.24, 2.45) is 0 Å². The highest BCUT2D eigenvalue weighted by molar-refractivity contribution is 7.89. The van der Waals surface area contributed by atoms with E-state index in [4.69, 9.17) is 0 Å². The number of nitrogens with one attached hydrogen (secondary N) is 1. The summed E-state index contributed by atoms with van der Waals surface area (Å²) in [5.41, 5.74) is 0.983. The lowest BCUT2D eigenvalue weighted by Gasteiger charge is -2.17. The molecule has 5 nitrogen and oxygen atoms in total. The SMILES string of the molecule is CN(CC(=O)NCCCc1ccc(F)cc1)S(=O)(=O)c1ccc2ccccc2c1. The first-order chi connectivity index (χ1) is 13.9. The molecule has 0 saturated carbocycles. The highest BCUT2D eigenvalue weighted by Crippen LogP contribution is 2.21. The Morgan fingerprint density at radius 2 is 1.69 bits per heavy atom. The van der Waals surface area contributed by atoms with Crippen molar-refractivity contribution < 1.29 is 17.6 Å². The number of benzene rings is 3. The molecule has 0 aliphatic heterocycles. The third-order valence-corrected chi connectivity index (χ3v) is 6.47. The van der Waals surface area contributed by atoms with Gasteiger partial charge in [-0.2, -0.15) is 4.31 Å². The van der Waals surface area contributed by atoms with Crippen LogP contribution in [0, 0.1) is 5.82 Å². The number of halogens is 1. The molecule has 0 atom stereocenters. The molecule has 0 aromatic heterocycles. The average Bonchev–Trinajstić information content (AvgIpc) is 2.72. The quantitative estimate of drug-likeness (QED) is 0.575. The van der Waals surface area contributed by atoms with E-state index < -0.39 is 10.0 Å². The second kappa shape index (κ2) is 9.15. The van der Waals surface area contributed by atoms with Gasteiger partial charge in [0, 0.05) is 13.6 Å². The molecular formula is C22H23FN2O3S. The summed E-state index contributed by atoms with van der Waals surface area (Å²) in [5, 5.41) is 4.51. The molecule has 1 amide bonds. The van der Waals surface area contributed by atoms with Crippen molar-refractivity contribution in [1.29, 1.82) is 0 Å². The maximum absolute atomic E-state index is 12.9. The first-order valence-corrected chi connectivity index (χ1v) is 10.8. The summed E-state index contributed by atoms with van der Waals surface area (Å²) in [5.74, 6) is -0.645. The van der Waals surface area contributed by atoms with Crippen molar-refractivity contribution in [2.75, 3.05) is 20.1 Å². The minimum atomic E-state index is -3.77. The Morgan fingerprint density at radius 1 is 1.00 bits per heavy atom. The molecule has 3 aromatic carbocycles. The highest BCUT2D eigenvalue weighted by atomic mass is 32.2. The number of hydrogen-bond acceptors (Lipinski definition) is 3. The van der Waals surface area contributed by atoms with Crippen LogP contribution in [-0.2, 0) is 21.2 Å². The molecule has 152 valence electrons. The van der Waals surface area contributed by atoms with Crippen LogP contribution < -0.4 is 5.32 Å². The summed E-state index contributed by atoms with van der Waals surface area (Å²) in [6.07, 6.45) is 1.38. The Balaban J connectivity index is 1.52. The third-order valence-electron chi connectivity index (χ3n) is 4.67. The van der Waals surface area contributed by atoms with Crippen LogP contribution in [0.3, 0.4) is 0 Å². The van der Waals surface area contributed by atoms with Crippen molar-refractivity contribution in [3.63, 3.8) is 0 Å². The van der Waals surface area contributed by atoms with Gasteiger partial charge in [0.25, 0.3) is 0 Å². The smallest absolute Gasteiger partial charge is 0.243 e. The van der Waals surface area contributed by atoms with E-state index in [0.29, 0.717) is 19.4 Å². The summed E-state index contributed by atoms with van der Waals surface area (Å²) in [6.45, 7) is 0.159. The number of carbonyl (C=O) groups excluding carboxylic acids is 1. The zero-order valence-electron chi connectivity index (χ0n) is 16.1. The van der Waals surface area contributed by atoms with E-state index in [1.54, 1.807) is 30.3 Å². The van der Waals surface area contributed by atoms with Gasteiger partial charge < -0.3 is 5.32 Å². The molecule has 0 radical (unpaired) electrons. The van der Waals surface area contributed by atoms with Crippen LogP contribution >= 0.6 is 0 Å². The van der Waals surface area contributed by atoms with Crippen LogP contribution in [0.15, 0.2) is 71.6 Å². The number of fused-ring (bicyclic) bond motifs is 1. The lowest BCUT2D eigenvalue weighted by molar-refractivity contribution is -0.121. The second-order valence-corrected chi connectivity index (χ2v) is 8.89. The standard InChI is InChI=1S/C22H23FN2O3S/c1-25(16-22(26)24-14-4-5-17-8-11-20(23)12-9-17)29(27,28)21-13-10-18-6-2-3-7-19(18)15-21/h2-3,6-13,15H,4-5,14,16H2,1H3,(H,24,26). The van der Waals surface area contributed by atoms with Crippen molar-refractivity contribution in [2.45, 2.75) is 17.7 Å². The van der Waals surface area contributed by atoms with Crippen molar-refractivity contribution in [3.8, 4) is 0 Å². The molecule has 0 bridgehead atoms. The van der Waals surface area contributed by atoms with Gasteiger partial charge in [-0.3, -0.25) is 4.79 Å². The molecular weight excluding hydrogens is 391 g/mol. The average molecular weight is 415 g/mol. The van der Waals surface area contributed by atoms with Crippen LogP contribution in [0.2, 0.25) is 0 Å². The molecule has 1 N–H and O–H groups in total. The Hall–Kier alpha value is -2.77. The van der Waals surface area contributed by atoms with E-state index >= 15 is 0 Å². The van der Waals surface area contributed by atoms with Gasteiger partial charge >= 0.3 is 0 Å². The molecule has 0 aliphatic rings. The minimum absolute atomic E-state index is 0.155. The van der Waals surface area contributed by atoms with Crippen LogP contribution in [0.1, 0.15) is 12.0 Å². The monoisotopic (exact) mass is 414 g/mol. The number of sulfonamides is 1. The zero-order valence-corrected chi connectivity index (χ0v) is 17.0. The second-order valence-electron chi connectivity index (χ2n) is 6.85. The van der Waals surface area contributed by atoms with Crippen LogP contribution in [0.5, 0.6) is 0 Å². The summed E-state index contributed by atoms with van der Waals surface area (Å²) in [6, 6.07) is 18.6. The minimum Gasteiger partial charge on any atom is -0.355 e. The summed E-state index contributed by atoms with van der Waals surface area (Å²) in [7, 11) is -2.37. The zero-order chi connectivity index (χ0) is 20.9. The summed E-state index contributed by atoms with van der Waals surface area (Å²) in [4.78, 5) is 12.3. The Kier molecular flexibility index (Phi) is 6.61. The highest BCUT2D eigenvalue weighted by Gasteiger charge is 2.23. The Labute approximate surface area is 170 Å². The van der Waals surface area contributed by atoms with Crippen LogP contribution in [0.25, 0.3) is 10.8 Å². The number of rotatable bonds is 8. The van der Waals surface area contributed by atoms with E-state index in [0.717, 1.165) is 20.6 Å². The first-order valence-electron chi connectivity index (χ1n) is 9.32. The van der Waals surface area contributed by atoms with Gasteiger partial charge in [-0.25, -0.2) is 12.8 Å². The maximum Gasteiger partial charge on any atom is 0.243 e. The number of carbonyl (C=O) groups is 1. The van der Waals surface area contributed by atoms with E-state index in [1.807, 2.05) is 24.3 Å². The molecule has 3 rings (SSSR count). The molecule has 0 saturated heterocycles. The fourth-order valence-corrected chi connectivity index (χ4v) is 4.19. The predicted molar refractivity (Wildman–Crippen MR) is 111 cm³/mol. The van der Waals surface area contributed by atoms with Gasteiger partial charge in [0.1, 0.15) is 5.82 Å². The van der Waals surface area contributed by atoms with Crippen molar-refractivity contribution in [3.05, 3.63) is 78.1 Å². The number of hydrogen-bond donors (Lipinski definition) is 1. The molecule has 0 heterocycles. The Bertz CT molecular complexity index is 1100. The normalized spacial score (nSPS) is 11.7. The fourth-order valence-electron chi connectivity index (χ4n) is 3.02. The molecule has 3 aromatic rings. The van der Waals surface area contributed by atoms with E-state index in [2.05, 4.69) is 5.32 Å². The molecule has 7 heteroatoms. The topological polar surface area (TPSA) is 66.5 Å².